The molecule has 0 aromatic heterocycles. The maximum Gasteiger partial charge on any atom is 0.258 e. The molecule has 3 nitrogen and oxygen atoms in total. The molecule has 0 saturated carbocycles. The molecule has 8 heavy (non-hydrogen) atoms. The molecule has 0 saturated heterocycles. The van der Waals surface area contributed by atoms with Crippen LogP contribution in [0.3, 0.4) is 0 Å². The molecule has 1 N–H and O–H groups in total. The minimum absolute atomic E-state index is 0.258. The second-order valence-electron chi connectivity index (χ2n) is 1.15. The first-order chi connectivity index (χ1) is 3.81. The monoisotopic (exact) mass is 113 g/mol. The molecule has 0 unspecified atom stereocenters. The van der Waals surface area contributed by atoms with Crippen LogP contribution in [0.4, 0.5) is 0 Å². The van der Waals surface area contributed by atoms with Gasteiger partial charge in [-0.2, -0.15) is 0 Å². The molecular weight excluding hydrogens is 104 g/mol. The average molecular weight is 113 g/mol. The molecule has 0 fully saturated rings. The lowest BCUT2D eigenvalue weighted by Crippen LogP contribution is -2.29. The van der Waals surface area contributed by atoms with Crippen molar-refractivity contribution < 1.29 is 4.79 Å². The average Bonchev–Trinajstić information content (AvgIpc) is 1.83. The van der Waals surface area contributed by atoms with Crippen molar-refractivity contribution in [1.82, 2.24) is 10.9 Å². The smallest absolute Gasteiger partial charge is 0.258 e. The summed E-state index contributed by atoms with van der Waals surface area (Å²) >= 11 is 0. The van der Waals surface area contributed by atoms with E-state index in [0.717, 1.165) is 0 Å². The van der Waals surface area contributed by atoms with Gasteiger partial charge in [0.15, 0.2) is 0 Å². The fourth-order valence-corrected chi connectivity index (χ4v) is 0.203. The molecule has 0 bridgehead atoms. The molecule has 0 heterocycles. The molecule has 0 aliphatic rings. The van der Waals surface area contributed by atoms with Crippen molar-refractivity contribution in [2.24, 2.45) is 0 Å². The highest BCUT2D eigenvalue weighted by atomic mass is 16.2. The van der Waals surface area contributed by atoms with Crippen molar-refractivity contribution in [3.8, 4) is 0 Å². The standard InChI is InChI=1S/C5H9N2O/c1-3-5(8)7-6-4-2/h3H,1,4H2,2H3,(H,7,8). The Kier molecular flexibility index (Phi) is 3.88. The zero-order chi connectivity index (χ0) is 6.41. The summed E-state index contributed by atoms with van der Waals surface area (Å²) in [6.45, 7) is 5.67. The molecule has 0 aliphatic carbocycles. The Morgan fingerprint density at radius 1 is 2.00 bits per heavy atom. The minimum Gasteiger partial charge on any atom is -0.270 e. The summed E-state index contributed by atoms with van der Waals surface area (Å²) in [7, 11) is 0. The van der Waals surface area contributed by atoms with E-state index in [4.69, 9.17) is 0 Å². The molecule has 0 atom stereocenters. The van der Waals surface area contributed by atoms with Crippen LogP contribution in [-0.4, -0.2) is 12.5 Å². The molecule has 3 heteroatoms. The van der Waals surface area contributed by atoms with E-state index >= 15 is 0 Å². The van der Waals surface area contributed by atoms with Gasteiger partial charge in [0.1, 0.15) is 0 Å². The van der Waals surface area contributed by atoms with Crippen LogP contribution < -0.4 is 10.9 Å². The summed E-state index contributed by atoms with van der Waals surface area (Å²) < 4.78 is 0. The molecule has 0 spiro atoms. The van der Waals surface area contributed by atoms with E-state index < -0.39 is 0 Å². The van der Waals surface area contributed by atoms with Crippen LogP contribution in [0.2, 0.25) is 0 Å². The predicted octanol–water partition coefficient (Wildman–Crippen LogP) is -0.172. The van der Waals surface area contributed by atoms with Gasteiger partial charge in [-0.1, -0.05) is 6.58 Å². The van der Waals surface area contributed by atoms with Crippen LogP contribution in [-0.2, 0) is 4.79 Å². The molecule has 0 aromatic carbocycles. The summed E-state index contributed by atoms with van der Waals surface area (Å²) in [5.41, 5.74) is 5.82. The van der Waals surface area contributed by atoms with Crippen LogP contribution in [0.25, 0.3) is 0 Å². The molecule has 0 rings (SSSR count). The molecule has 45 valence electrons. The molecular formula is C5H9N2O. The van der Waals surface area contributed by atoms with Gasteiger partial charge in [-0.05, 0) is 13.0 Å². The van der Waals surface area contributed by atoms with E-state index in [2.05, 4.69) is 17.4 Å². The Morgan fingerprint density at radius 3 is 3.00 bits per heavy atom. The minimum atomic E-state index is -0.258. The highest BCUT2D eigenvalue weighted by molar-refractivity contribution is 5.86. The number of rotatable bonds is 3. The van der Waals surface area contributed by atoms with Gasteiger partial charge in [0.2, 0.25) is 0 Å². The lowest BCUT2D eigenvalue weighted by molar-refractivity contribution is -0.117. The summed E-state index contributed by atoms with van der Waals surface area (Å²) in [5, 5.41) is 0. The van der Waals surface area contributed by atoms with Crippen molar-refractivity contribution in [2.45, 2.75) is 6.92 Å². The summed E-state index contributed by atoms with van der Waals surface area (Å²) in [5.74, 6) is -0.258. The van der Waals surface area contributed by atoms with E-state index in [0.29, 0.717) is 6.54 Å². The maximum atomic E-state index is 10.2. The third-order valence-corrected chi connectivity index (χ3v) is 0.533. The lowest BCUT2D eigenvalue weighted by Gasteiger charge is -1.94. The van der Waals surface area contributed by atoms with E-state index in [1.165, 1.54) is 6.08 Å². The number of nitrogens with zero attached hydrogens (tertiary/aromatic N) is 1. The van der Waals surface area contributed by atoms with Crippen LogP contribution in [0.1, 0.15) is 6.92 Å². The fraction of sp³-hybridized carbons (Fsp3) is 0.400. The molecule has 0 aromatic rings. The van der Waals surface area contributed by atoms with Gasteiger partial charge in [-0.15, -0.1) is 5.43 Å². The fourth-order valence-electron chi connectivity index (χ4n) is 0.203. The Morgan fingerprint density at radius 2 is 2.62 bits per heavy atom. The van der Waals surface area contributed by atoms with Gasteiger partial charge < -0.3 is 0 Å². The largest absolute Gasteiger partial charge is 0.270 e. The van der Waals surface area contributed by atoms with Crippen molar-refractivity contribution >= 4 is 5.91 Å². The van der Waals surface area contributed by atoms with Gasteiger partial charge in [-0.3, -0.25) is 10.2 Å². The van der Waals surface area contributed by atoms with E-state index in [9.17, 15) is 4.79 Å². The van der Waals surface area contributed by atoms with Crippen LogP contribution in [0.15, 0.2) is 12.7 Å². The summed E-state index contributed by atoms with van der Waals surface area (Å²) in [6.07, 6.45) is 1.18. The molecule has 1 amide bonds. The second kappa shape index (κ2) is 4.33. The van der Waals surface area contributed by atoms with Crippen molar-refractivity contribution in [1.29, 1.82) is 0 Å². The predicted molar refractivity (Wildman–Crippen MR) is 31.0 cm³/mol. The Balaban J connectivity index is 3.11. The Labute approximate surface area is 48.7 Å². The van der Waals surface area contributed by atoms with Crippen molar-refractivity contribution in [2.75, 3.05) is 6.54 Å². The number of amides is 1. The topological polar surface area (TPSA) is 43.2 Å². The number of hydrogen-bond acceptors (Lipinski definition) is 1. The Bertz CT molecular complexity index is 90.4. The van der Waals surface area contributed by atoms with Crippen LogP contribution in [0.5, 0.6) is 0 Å². The van der Waals surface area contributed by atoms with E-state index in [1.807, 2.05) is 6.92 Å². The normalized spacial score (nSPS) is 8.12. The SMILES string of the molecule is C=CC(=O)N[N]CC. The quantitative estimate of drug-likeness (QED) is 0.400. The zero-order valence-electron chi connectivity index (χ0n) is 4.85. The maximum absolute atomic E-state index is 10.2. The second-order valence-corrected chi connectivity index (χ2v) is 1.15. The number of hydrogen-bond donors (Lipinski definition) is 1. The van der Waals surface area contributed by atoms with Gasteiger partial charge in [0, 0.05) is 6.54 Å². The lowest BCUT2D eigenvalue weighted by atomic mass is 10.6. The number of carbonyl (C=O) groups excluding carboxylic acids is 1. The van der Waals surface area contributed by atoms with E-state index in [-0.39, 0.29) is 5.91 Å². The van der Waals surface area contributed by atoms with Gasteiger partial charge in [0.25, 0.3) is 5.91 Å². The van der Waals surface area contributed by atoms with E-state index in [1.54, 1.807) is 0 Å². The van der Waals surface area contributed by atoms with Crippen molar-refractivity contribution in [3.05, 3.63) is 12.7 Å². The molecule has 0 aliphatic heterocycles. The first-order valence-corrected chi connectivity index (χ1v) is 2.40. The highest BCUT2D eigenvalue weighted by Crippen LogP contribution is 1.60. The summed E-state index contributed by atoms with van der Waals surface area (Å²) in [6, 6.07) is 0. The van der Waals surface area contributed by atoms with Crippen molar-refractivity contribution in [3.63, 3.8) is 0 Å². The Hall–Kier alpha value is -0.830. The van der Waals surface area contributed by atoms with Crippen LogP contribution >= 0.6 is 0 Å². The highest BCUT2D eigenvalue weighted by Gasteiger charge is 1.87. The first kappa shape index (κ1) is 7.17. The van der Waals surface area contributed by atoms with Gasteiger partial charge in [0.05, 0.1) is 0 Å². The third-order valence-electron chi connectivity index (χ3n) is 0.533. The first-order valence-electron chi connectivity index (χ1n) is 2.40. The van der Waals surface area contributed by atoms with Crippen LogP contribution in [0, 0.1) is 0 Å². The van der Waals surface area contributed by atoms with Gasteiger partial charge >= 0.3 is 0 Å². The number of nitrogens with one attached hydrogen (secondary N) is 1. The molecule has 1 radical (unpaired) electrons. The number of carbonyl (C=O) groups is 1. The van der Waals surface area contributed by atoms with Gasteiger partial charge in [-0.25, -0.2) is 0 Å². The third kappa shape index (κ3) is 3.36. The zero-order valence-corrected chi connectivity index (χ0v) is 4.85. The summed E-state index contributed by atoms with van der Waals surface area (Å²) in [4.78, 5) is 10.2.